The summed E-state index contributed by atoms with van der Waals surface area (Å²) in [5, 5.41) is 4.76. The number of hydrogen-bond donors (Lipinski definition) is 0. The SMILES string of the molecule is COc1ccc(-c2cc(=O)n(CCc3ccccc3)nc2-c2ccc(OC)cc2)cc1. The average molecular weight is 412 g/mol. The van der Waals surface area contributed by atoms with E-state index < -0.39 is 0 Å². The normalized spacial score (nSPS) is 10.6. The molecule has 0 aliphatic rings. The lowest BCUT2D eigenvalue weighted by atomic mass is 10.00. The molecule has 1 heterocycles. The van der Waals surface area contributed by atoms with Gasteiger partial charge in [0.1, 0.15) is 11.5 Å². The second kappa shape index (κ2) is 9.30. The van der Waals surface area contributed by atoms with E-state index in [0.29, 0.717) is 6.54 Å². The second-order valence-corrected chi connectivity index (χ2v) is 7.16. The fraction of sp³-hybridized carbons (Fsp3) is 0.154. The predicted octanol–water partition coefficient (Wildman–Crippen LogP) is 4.84. The third-order valence-corrected chi connectivity index (χ3v) is 5.22. The zero-order valence-corrected chi connectivity index (χ0v) is 17.6. The van der Waals surface area contributed by atoms with Gasteiger partial charge in [0.05, 0.1) is 19.9 Å². The Kier molecular flexibility index (Phi) is 6.13. The predicted molar refractivity (Wildman–Crippen MR) is 123 cm³/mol. The first-order chi connectivity index (χ1) is 15.2. The van der Waals surface area contributed by atoms with Crippen molar-refractivity contribution in [1.82, 2.24) is 9.78 Å². The van der Waals surface area contributed by atoms with Gasteiger partial charge in [-0.05, 0) is 53.9 Å². The molecule has 0 saturated heterocycles. The summed E-state index contributed by atoms with van der Waals surface area (Å²) in [5.41, 5.74) is 4.40. The zero-order valence-electron chi connectivity index (χ0n) is 17.6. The molecule has 31 heavy (non-hydrogen) atoms. The molecule has 0 fully saturated rings. The first-order valence-electron chi connectivity index (χ1n) is 10.1. The number of nitrogens with zero attached hydrogens (tertiary/aromatic N) is 2. The molecule has 3 aromatic carbocycles. The number of hydrogen-bond acceptors (Lipinski definition) is 4. The molecule has 0 N–H and O–H groups in total. The lowest BCUT2D eigenvalue weighted by molar-refractivity contribution is 0.414. The van der Waals surface area contributed by atoms with E-state index in [0.717, 1.165) is 40.3 Å². The number of aromatic nitrogens is 2. The highest BCUT2D eigenvalue weighted by Crippen LogP contribution is 2.31. The maximum atomic E-state index is 12.9. The van der Waals surface area contributed by atoms with Gasteiger partial charge in [-0.25, -0.2) is 4.68 Å². The van der Waals surface area contributed by atoms with E-state index in [1.165, 1.54) is 5.56 Å². The Morgan fingerprint density at radius 2 is 1.35 bits per heavy atom. The second-order valence-electron chi connectivity index (χ2n) is 7.16. The molecule has 1 aromatic heterocycles. The fourth-order valence-corrected chi connectivity index (χ4v) is 3.48. The van der Waals surface area contributed by atoms with Crippen LogP contribution in [0.15, 0.2) is 89.7 Å². The van der Waals surface area contributed by atoms with Crippen molar-refractivity contribution in [2.24, 2.45) is 0 Å². The molecule has 4 rings (SSSR count). The number of rotatable bonds is 7. The minimum atomic E-state index is -0.126. The Bertz CT molecular complexity index is 1200. The third-order valence-electron chi connectivity index (χ3n) is 5.22. The van der Waals surface area contributed by atoms with Gasteiger partial charge in [-0.15, -0.1) is 0 Å². The molecule has 0 bridgehead atoms. The van der Waals surface area contributed by atoms with E-state index in [1.807, 2.05) is 66.7 Å². The van der Waals surface area contributed by atoms with Gasteiger partial charge in [-0.1, -0.05) is 42.5 Å². The monoisotopic (exact) mass is 412 g/mol. The van der Waals surface area contributed by atoms with Crippen LogP contribution in [0.2, 0.25) is 0 Å². The molecule has 5 nitrogen and oxygen atoms in total. The van der Waals surface area contributed by atoms with Crippen molar-refractivity contribution < 1.29 is 9.47 Å². The summed E-state index contributed by atoms with van der Waals surface area (Å²) >= 11 is 0. The standard InChI is InChI=1S/C26H24N2O3/c1-30-22-12-8-20(9-13-22)24-18-25(29)28(17-16-19-6-4-3-5-7-19)27-26(24)21-10-14-23(31-2)15-11-21/h3-15,18H,16-17H2,1-2H3. The largest absolute Gasteiger partial charge is 0.497 e. The van der Waals surface area contributed by atoms with Gasteiger partial charge in [0.2, 0.25) is 0 Å². The summed E-state index contributed by atoms with van der Waals surface area (Å²) in [6.45, 7) is 0.509. The van der Waals surface area contributed by atoms with E-state index >= 15 is 0 Å². The van der Waals surface area contributed by atoms with Crippen LogP contribution in [0.3, 0.4) is 0 Å². The topological polar surface area (TPSA) is 53.4 Å². The van der Waals surface area contributed by atoms with Crippen molar-refractivity contribution in [1.29, 1.82) is 0 Å². The van der Waals surface area contributed by atoms with Gasteiger partial charge < -0.3 is 9.47 Å². The van der Waals surface area contributed by atoms with Crippen molar-refractivity contribution in [2.45, 2.75) is 13.0 Å². The average Bonchev–Trinajstić information content (AvgIpc) is 2.84. The molecule has 0 aliphatic carbocycles. The summed E-state index contributed by atoms with van der Waals surface area (Å²) in [6, 6.07) is 27.1. The highest BCUT2D eigenvalue weighted by Gasteiger charge is 2.14. The molecule has 0 saturated carbocycles. The van der Waals surface area contributed by atoms with Crippen molar-refractivity contribution in [2.75, 3.05) is 14.2 Å². The first-order valence-corrected chi connectivity index (χ1v) is 10.1. The Morgan fingerprint density at radius 3 is 1.94 bits per heavy atom. The quantitative estimate of drug-likeness (QED) is 0.436. The van der Waals surface area contributed by atoms with Crippen LogP contribution in [-0.4, -0.2) is 24.0 Å². The maximum absolute atomic E-state index is 12.9. The van der Waals surface area contributed by atoms with Crippen molar-refractivity contribution >= 4 is 0 Å². The van der Waals surface area contributed by atoms with Crippen LogP contribution in [0.4, 0.5) is 0 Å². The van der Waals surface area contributed by atoms with Crippen LogP contribution in [0.5, 0.6) is 11.5 Å². The van der Waals surface area contributed by atoms with Crippen LogP contribution in [0.25, 0.3) is 22.4 Å². The number of benzene rings is 3. The van der Waals surface area contributed by atoms with Crippen LogP contribution in [0, 0.1) is 0 Å². The van der Waals surface area contributed by atoms with Crippen LogP contribution in [-0.2, 0) is 13.0 Å². The van der Waals surface area contributed by atoms with Crippen LogP contribution >= 0.6 is 0 Å². The highest BCUT2D eigenvalue weighted by atomic mass is 16.5. The fourth-order valence-electron chi connectivity index (χ4n) is 3.48. The Labute approximate surface area is 181 Å². The van der Waals surface area contributed by atoms with E-state index in [1.54, 1.807) is 25.0 Å². The van der Waals surface area contributed by atoms with Gasteiger partial charge in [0.25, 0.3) is 5.56 Å². The smallest absolute Gasteiger partial charge is 0.267 e. The molecule has 0 unspecified atom stereocenters. The maximum Gasteiger partial charge on any atom is 0.267 e. The molecule has 5 heteroatoms. The van der Waals surface area contributed by atoms with Crippen LogP contribution in [0.1, 0.15) is 5.56 Å². The molecule has 0 radical (unpaired) electrons. The minimum Gasteiger partial charge on any atom is -0.497 e. The van der Waals surface area contributed by atoms with Crippen LogP contribution < -0.4 is 15.0 Å². The van der Waals surface area contributed by atoms with Crippen molar-refractivity contribution in [3.63, 3.8) is 0 Å². The Hall–Kier alpha value is -3.86. The van der Waals surface area contributed by atoms with Gasteiger partial charge >= 0.3 is 0 Å². The molecule has 0 atom stereocenters. The van der Waals surface area contributed by atoms with E-state index in [2.05, 4.69) is 12.1 Å². The number of aryl methyl sites for hydroxylation is 2. The molecule has 156 valence electrons. The van der Waals surface area contributed by atoms with E-state index in [4.69, 9.17) is 14.6 Å². The molecule has 4 aromatic rings. The third kappa shape index (κ3) is 4.67. The van der Waals surface area contributed by atoms with E-state index in [9.17, 15) is 4.79 Å². The Balaban J connectivity index is 1.77. The summed E-state index contributed by atoms with van der Waals surface area (Å²) in [4.78, 5) is 12.9. The van der Waals surface area contributed by atoms with Gasteiger partial charge in [0, 0.05) is 23.7 Å². The molecule has 0 spiro atoms. The molecule has 0 amide bonds. The summed E-state index contributed by atoms with van der Waals surface area (Å²) in [5.74, 6) is 1.53. The lowest BCUT2D eigenvalue weighted by Crippen LogP contribution is -2.24. The molecule has 0 aliphatic heterocycles. The minimum absolute atomic E-state index is 0.126. The van der Waals surface area contributed by atoms with Gasteiger partial charge in [-0.3, -0.25) is 4.79 Å². The zero-order chi connectivity index (χ0) is 21.6. The molecular formula is C26H24N2O3. The van der Waals surface area contributed by atoms with E-state index in [-0.39, 0.29) is 5.56 Å². The Morgan fingerprint density at radius 1 is 0.774 bits per heavy atom. The first kappa shape index (κ1) is 20.4. The van der Waals surface area contributed by atoms with Crippen molar-refractivity contribution in [3.05, 3.63) is 101 Å². The van der Waals surface area contributed by atoms with Gasteiger partial charge in [-0.2, -0.15) is 5.10 Å². The summed E-state index contributed by atoms with van der Waals surface area (Å²) in [6.07, 6.45) is 0.734. The highest BCUT2D eigenvalue weighted by molar-refractivity contribution is 5.80. The summed E-state index contributed by atoms with van der Waals surface area (Å²) < 4.78 is 12.1. The number of methoxy groups -OCH3 is 2. The number of ether oxygens (including phenoxy) is 2. The molecular weight excluding hydrogens is 388 g/mol. The lowest BCUT2D eigenvalue weighted by Gasteiger charge is -2.13. The van der Waals surface area contributed by atoms with Crippen molar-refractivity contribution in [3.8, 4) is 33.9 Å². The van der Waals surface area contributed by atoms with Gasteiger partial charge in [0.15, 0.2) is 0 Å². The summed E-state index contributed by atoms with van der Waals surface area (Å²) in [7, 11) is 3.27.